The number of aromatic nitrogens is 2. The van der Waals surface area contributed by atoms with Gasteiger partial charge in [0, 0.05) is 11.4 Å². The average Bonchev–Trinajstić information content (AvgIpc) is 2.74. The third-order valence-corrected chi connectivity index (χ3v) is 3.57. The number of carbonyl (C=O) groups is 1. The van der Waals surface area contributed by atoms with Crippen LogP contribution in [0, 0.1) is 5.92 Å². The lowest BCUT2D eigenvalue weighted by Gasteiger charge is -2.18. The highest BCUT2D eigenvalue weighted by Crippen LogP contribution is 2.27. The van der Waals surface area contributed by atoms with Crippen LogP contribution in [0.4, 0.5) is 0 Å². The lowest BCUT2D eigenvalue weighted by molar-refractivity contribution is 0.0953. The van der Waals surface area contributed by atoms with Crippen molar-refractivity contribution in [2.75, 3.05) is 0 Å². The number of fused-ring (bicyclic) bond motifs is 1. The Morgan fingerprint density at radius 1 is 1.28 bits per heavy atom. The lowest BCUT2D eigenvalue weighted by atomic mass is 9.88. The van der Waals surface area contributed by atoms with E-state index in [1.165, 1.54) is 0 Å². The maximum absolute atomic E-state index is 11.9. The zero-order valence-corrected chi connectivity index (χ0v) is 10.8. The van der Waals surface area contributed by atoms with Crippen LogP contribution in [0.2, 0.25) is 5.02 Å². The summed E-state index contributed by atoms with van der Waals surface area (Å²) in [7, 11) is 0. The van der Waals surface area contributed by atoms with Crippen LogP contribution in [0.1, 0.15) is 29.4 Å². The van der Waals surface area contributed by atoms with Crippen LogP contribution in [0.5, 0.6) is 0 Å². The van der Waals surface area contributed by atoms with E-state index in [0.29, 0.717) is 17.4 Å². The monoisotopic (exact) mass is 260 g/mol. The minimum Gasteiger partial charge on any atom is -0.294 e. The molecule has 0 amide bonds. The number of benzene rings is 1. The number of hydrogen-bond acceptors (Lipinski definition) is 2. The Morgan fingerprint density at radius 2 is 2.00 bits per heavy atom. The van der Waals surface area contributed by atoms with Crippen LogP contribution in [0.25, 0.3) is 5.69 Å². The summed E-state index contributed by atoms with van der Waals surface area (Å²) in [6.45, 7) is 2.10. The van der Waals surface area contributed by atoms with Crippen molar-refractivity contribution < 1.29 is 4.79 Å². The Morgan fingerprint density at radius 3 is 2.72 bits per heavy atom. The standard InChI is InChI=1S/C14H13ClN2O/c1-9-6-13-12(14(18)7-9)8-16-17(13)11-4-2-10(15)3-5-11/h2-5,8-9H,6-7H2,1H3/t9-/m1/s1. The van der Waals surface area contributed by atoms with E-state index in [1.807, 2.05) is 28.9 Å². The Labute approximate surface area is 110 Å². The molecule has 0 bridgehead atoms. The van der Waals surface area contributed by atoms with E-state index in [-0.39, 0.29) is 5.78 Å². The molecule has 1 aromatic heterocycles. The van der Waals surface area contributed by atoms with Crippen molar-refractivity contribution in [3.63, 3.8) is 0 Å². The smallest absolute Gasteiger partial charge is 0.166 e. The third kappa shape index (κ3) is 1.85. The first-order valence-electron chi connectivity index (χ1n) is 6.01. The van der Waals surface area contributed by atoms with Gasteiger partial charge in [0.2, 0.25) is 0 Å². The van der Waals surface area contributed by atoms with Gasteiger partial charge in [-0.1, -0.05) is 18.5 Å². The normalized spacial score (nSPS) is 18.8. The van der Waals surface area contributed by atoms with Gasteiger partial charge < -0.3 is 0 Å². The molecular weight excluding hydrogens is 248 g/mol. The zero-order chi connectivity index (χ0) is 12.7. The molecule has 92 valence electrons. The zero-order valence-electron chi connectivity index (χ0n) is 10.1. The van der Waals surface area contributed by atoms with E-state index in [4.69, 9.17) is 11.6 Å². The number of halogens is 1. The number of rotatable bonds is 1. The fraction of sp³-hybridized carbons (Fsp3) is 0.286. The summed E-state index contributed by atoms with van der Waals surface area (Å²) in [6, 6.07) is 7.50. The molecule has 1 aliphatic rings. The summed E-state index contributed by atoms with van der Waals surface area (Å²) in [5.41, 5.74) is 2.73. The Kier molecular flexibility index (Phi) is 2.71. The molecule has 3 rings (SSSR count). The third-order valence-electron chi connectivity index (χ3n) is 3.32. The molecule has 1 heterocycles. The van der Waals surface area contributed by atoms with Crippen LogP contribution >= 0.6 is 11.6 Å². The molecule has 4 heteroatoms. The fourth-order valence-corrected chi connectivity index (χ4v) is 2.56. The van der Waals surface area contributed by atoms with Crippen molar-refractivity contribution in [3.8, 4) is 5.69 Å². The molecule has 0 saturated heterocycles. The molecule has 18 heavy (non-hydrogen) atoms. The molecule has 1 aliphatic carbocycles. The van der Waals surface area contributed by atoms with E-state index in [0.717, 1.165) is 23.4 Å². The summed E-state index contributed by atoms with van der Waals surface area (Å²) in [6.07, 6.45) is 3.20. The molecular formula is C14H13ClN2O. The molecule has 0 aliphatic heterocycles. The lowest BCUT2D eigenvalue weighted by Crippen LogP contribution is -2.19. The highest BCUT2D eigenvalue weighted by molar-refractivity contribution is 6.30. The van der Waals surface area contributed by atoms with Crippen molar-refractivity contribution in [2.45, 2.75) is 19.8 Å². The summed E-state index contributed by atoms with van der Waals surface area (Å²) < 4.78 is 1.85. The van der Waals surface area contributed by atoms with E-state index in [1.54, 1.807) is 6.20 Å². The second-order valence-electron chi connectivity index (χ2n) is 4.83. The van der Waals surface area contributed by atoms with E-state index in [2.05, 4.69) is 12.0 Å². The summed E-state index contributed by atoms with van der Waals surface area (Å²) >= 11 is 5.88. The molecule has 1 aromatic carbocycles. The summed E-state index contributed by atoms with van der Waals surface area (Å²) in [5, 5.41) is 5.03. The van der Waals surface area contributed by atoms with Gasteiger partial charge in [-0.05, 0) is 36.6 Å². The van der Waals surface area contributed by atoms with Gasteiger partial charge in [0.15, 0.2) is 5.78 Å². The number of ketones is 1. The minimum atomic E-state index is 0.198. The van der Waals surface area contributed by atoms with Crippen LogP contribution in [-0.2, 0) is 6.42 Å². The largest absolute Gasteiger partial charge is 0.294 e. The van der Waals surface area contributed by atoms with Crippen molar-refractivity contribution in [3.05, 3.63) is 46.7 Å². The molecule has 0 unspecified atom stereocenters. The second-order valence-corrected chi connectivity index (χ2v) is 5.27. The molecule has 2 aromatic rings. The topological polar surface area (TPSA) is 34.9 Å². The number of Topliss-reactive ketones (excluding diaryl/α,β-unsaturated/α-hetero) is 1. The van der Waals surface area contributed by atoms with Crippen molar-refractivity contribution in [1.82, 2.24) is 9.78 Å². The first-order valence-corrected chi connectivity index (χ1v) is 6.39. The SMILES string of the molecule is C[C@H]1CC(=O)c2cnn(-c3ccc(Cl)cc3)c2C1. The van der Waals surface area contributed by atoms with Gasteiger partial charge in [0.1, 0.15) is 0 Å². The quantitative estimate of drug-likeness (QED) is 0.789. The van der Waals surface area contributed by atoms with Crippen LogP contribution < -0.4 is 0 Å². The van der Waals surface area contributed by atoms with E-state index < -0.39 is 0 Å². The maximum Gasteiger partial charge on any atom is 0.166 e. The van der Waals surface area contributed by atoms with Crippen molar-refractivity contribution in [2.24, 2.45) is 5.92 Å². The van der Waals surface area contributed by atoms with E-state index >= 15 is 0 Å². The number of hydrogen-bond donors (Lipinski definition) is 0. The predicted octanol–water partition coefficient (Wildman–Crippen LogP) is 3.29. The maximum atomic E-state index is 11.9. The van der Waals surface area contributed by atoms with Gasteiger partial charge in [-0.25, -0.2) is 4.68 Å². The first-order chi connectivity index (χ1) is 8.65. The molecule has 0 fully saturated rings. The minimum absolute atomic E-state index is 0.198. The molecule has 0 spiro atoms. The van der Waals surface area contributed by atoms with Crippen LogP contribution in [0.3, 0.4) is 0 Å². The van der Waals surface area contributed by atoms with Gasteiger partial charge in [-0.15, -0.1) is 0 Å². The molecule has 0 saturated carbocycles. The summed E-state index contributed by atoms with van der Waals surface area (Å²) in [5.74, 6) is 0.580. The predicted molar refractivity (Wildman–Crippen MR) is 70.4 cm³/mol. The molecule has 0 radical (unpaired) electrons. The van der Waals surface area contributed by atoms with Gasteiger partial charge in [-0.3, -0.25) is 4.79 Å². The number of nitrogens with zero attached hydrogens (tertiary/aromatic N) is 2. The Balaban J connectivity index is 2.09. The Hall–Kier alpha value is -1.61. The van der Waals surface area contributed by atoms with Gasteiger partial charge in [0.05, 0.1) is 23.1 Å². The molecule has 1 atom stereocenters. The number of carbonyl (C=O) groups excluding carboxylic acids is 1. The highest BCUT2D eigenvalue weighted by atomic mass is 35.5. The molecule has 3 nitrogen and oxygen atoms in total. The molecule has 0 N–H and O–H groups in total. The van der Waals surface area contributed by atoms with Crippen LogP contribution in [0.15, 0.2) is 30.5 Å². The fourth-order valence-electron chi connectivity index (χ4n) is 2.44. The van der Waals surface area contributed by atoms with E-state index in [9.17, 15) is 4.79 Å². The van der Waals surface area contributed by atoms with Crippen molar-refractivity contribution in [1.29, 1.82) is 0 Å². The Bertz CT molecular complexity index is 601. The summed E-state index contributed by atoms with van der Waals surface area (Å²) in [4.78, 5) is 11.9. The van der Waals surface area contributed by atoms with Crippen LogP contribution in [-0.4, -0.2) is 15.6 Å². The average molecular weight is 261 g/mol. The van der Waals surface area contributed by atoms with Gasteiger partial charge >= 0.3 is 0 Å². The van der Waals surface area contributed by atoms with Crippen molar-refractivity contribution >= 4 is 17.4 Å². The van der Waals surface area contributed by atoms with Gasteiger partial charge in [0.25, 0.3) is 0 Å². The van der Waals surface area contributed by atoms with Gasteiger partial charge in [-0.2, -0.15) is 5.10 Å². The first kappa shape index (κ1) is 11.5. The second kappa shape index (κ2) is 4.25. The highest BCUT2D eigenvalue weighted by Gasteiger charge is 2.26.